The Balaban J connectivity index is 0.00000200. The number of carbonyl (C=O) groups is 1. The largest absolute Gasteiger partial charge is 0.381 e. The normalized spacial score (nSPS) is 17.9. The SMILES string of the molecule is CN(CC1CCCOC1)C(=O)CNc1ccccc1.Cl. The summed E-state index contributed by atoms with van der Waals surface area (Å²) in [4.78, 5) is 13.8. The van der Waals surface area contributed by atoms with Crippen LogP contribution in [0.25, 0.3) is 0 Å². The molecule has 0 saturated carbocycles. The molecule has 1 atom stereocenters. The molecule has 0 aliphatic carbocycles. The highest BCUT2D eigenvalue weighted by Gasteiger charge is 2.18. The van der Waals surface area contributed by atoms with Gasteiger partial charge in [0.25, 0.3) is 0 Å². The summed E-state index contributed by atoms with van der Waals surface area (Å²) in [5.74, 6) is 0.605. The van der Waals surface area contributed by atoms with Gasteiger partial charge in [0, 0.05) is 25.9 Å². The number of hydrogen-bond donors (Lipinski definition) is 1. The lowest BCUT2D eigenvalue weighted by atomic mass is 10.0. The van der Waals surface area contributed by atoms with E-state index in [1.54, 1.807) is 4.90 Å². The monoisotopic (exact) mass is 298 g/mol. The van der Waals surface area contributed by atoms with E-state index in [-0.39, 0.29) is 18.3 Å². The first kappa shape index (κ1) is 16.8. The topological polar surface area (TPSA) is 41.6 Å². The highest BCUT2D eigenvalue weighted by atomic mass is 35.5. The van der Waals surface area contributed by atoms with Crippen molar-refractivity contribution in [3.8, 4) is 0 Å². The fourth-order valence-corrected chi connectivity index (χ4v) is 2.31. The molecule has 1 aromatic rings. The molecule has 0 radical (unpaired) electrons. The number of anilines is 1. The number of nitrogens with zero attached hydrogens (tertiary/aromatic N) is 1. The molecule has 1 aliphatic rings. The van der Waals surface area contributed by atoms with Crippen LogP contribution in [0, 0.1) is 5.92 Å². The van der Waals surface area contributed by atoms with Gasteiger partial charge >= 0.3 is 0 Å². The standard InChI is InChI=1S/C15H22N2O2.ClH/c1-17(11-13-6-5-9-19-12-13)15(18)10-16-14-7-3-2-4-8-14;/h2-4,7-8,13,16H,5-6,9-12H2,1H3;1H. The van der Waals surface area contributed by atoms with Crippen molar-refractivity contribution >= 4 is 24.0 Å². The van der Waals surface area contributed by atoms with Crippen LogP contribution in [0.3, 0.4) is 0 Å². The number of nitrogens with one attached hydrogen (secondary N) is 1. The zero-order chi connectivity index (χ0) is 13.5. The van der Waals surface area contributed by atoms with E-state index >= 15 is 0 Å². The molecule has 0 bridgehead atoms. The minimum atomic E-state index is 0. The molecule has 1 fully saturated rings. The predicted molar refractivity (Wildman–Crippen MR) is 83.4 cm³/mol. The smallest absolute Gasteiger partial charge is 0.241 e. The quantitative estimate of drug-likeness (QED) is 0.907. The van der Waals surface area contributed by atoms with Crippen LogP contribution in [-0.2, 0) is 9.53 Å². The van der Waals surface area contributed by atoms with Crippen LogP contribution in [0.4, 0.5) is 5.69 Å². The number of para-hydroxylation sites is 1. The summed E-state index contributed by atoms with van der Waals surface area (Å²) in [7, 11) is 1.86. The van der Waals surface area contributed by atoms with Gasteiger partial charge in [-0.15, -0.1) is 12.4 Å². The molecule has 2 rings (SSSR count). The first-order valence-corrected chi connectivity index (χ1v) is 6.86. The summed E-state index contributed by atoms with van der Waals surface area (Å²) in [5.41, 5.74) is 0.977. The lowest BCUT2D eigenvalue weighted by Crippen LogP contribution is -2.38. The highest BCUT2D eigenvalue weighted by molar-refractivity contribution is 5.85. The van der Waals surface area contributed by atoms with Gasteiger partial charge in [0.15, 0.2) is 0 Å². The Morgan fingerprint density at radius 3 is 2.80 bits per heavy atom. The Kier molecular flexibility index (Phi) is 7.41. The van der Waals surface area contributed by atoms with Gasteiger partial charge in [-0.2, -0.15) is 0 Å². The van der Waals surface area contributed by atoms with Crippen molar-refractivity contribution in [2.75, 3.05) is 38.7 Å². The van der Waals surface area contributed by atoms with Crippen LogP contribution >= 0.6 is 12.4 Å². The molecule has 4 nitrogen and oxygen atoms in total. The number of amides is 1. The molecule has 1 aromatic carbocycles. The number of likely N-dealkylation sites (N-methyl/N-ethyl adjacent to an activating group) is 1. The van der Waals surface area contributed by atoms with E-state index in [0.717, 1.165) is 38.3 Å². The Bertz CT molecular complexity index is 394. The second-order valence-corrected chi connectivity index (χ2v) is 5.08. The van der Waals surface area contributed by atoms with Gasteiger partial charge in [0.2, 0.25) is 5.91 Å². The molecule has 112 valence electrons. The maximum absolute atomic E-state index is 12.0. The molecule has 0 aromatic heterocycles. The third-order valence-electron chi connectivity index (χ3n) is 3.43. The average molecular weight is 299 g/mol. The van der Waals surface area contributed by atoms with Crippen LogP contribution in [0.2, 0.25) is 0 Å². The minimum absolute atomic E-state index is 0. The van der Waals surface area contributed by atoms with Crippen LogP contribution in [0.15, 0.2) is 30.3 Å². The van der Waals surface area contributed by atoms with E-state index in [0.29, 0.717) is 12.5 Å². The van der Waals surface area contributed by atoms with Gasteiger partial charge in [-0.3, -0.25) is 4.79 Å². The van der Waals surface area contributed by atoms with Crippen LogP contribution in [-0.4, -0.2) is 44.2 Å². The van der Waals surface area contributed by atoms with E-state index in [1.807, 2.05) is 37.4 Å². The summed E-state index contributed by atoms with van der Waals surface area (Å²) >= 11 is 0. The van der Waals surface area contributed by atoms with Gasteiger partial charge < -0.3 is 15.0 Å². The van der Waals surface area contributed by atoms with E-state index in [2.05, 4.69) is 5.32 Å². The number of benzene rings is 1. The van der Waals surface area contributed by atoms with E-state index in [9.17, 15) is 4.79 Å². The fourth-order valence-electron chi connectivity index (χ4n) is 2.31. The van der Waals surface area contributed by atoms with Crippen molar-refractivity contribution in [2.24, 2.45) is 5.92 Å². The summed E-state index contributed by atoms with van der Waals surface area (Å²) in [6.07, 6.45) is 2.26. The zero-order valence-corrected chi connectivity index (χ0v) is 12.7. The maximum atomic E-state index is 12.0. The summed E-state index contributed by atoms with van der Waals surface area (Å²) in [5, 5.41) is 3.14. The van der Waals surface area contributed by atoms with E-state index < -0.39 is 0 Å². The first-order valence-electron chi connectivity index (χ1n) is 6.86. The van der Waals surface area contributed by atoms with Crippen molar-refractivity contribution in [1.82, 2.24) is 4.90 Å². The number of halogens is 1. The molecule has 1 heterocycles. The third-order valence-corrected chi connectivity index (χ3v) is 3.43. The van der Waals surface area contributed by atoms with Crippen molar-refractivity contribution < 1.29 is 9.53 Å². The first-order chi connectivity index (χ1) is 9.25. The molecule has 1 amide bonds. The van der Waals surface area contributed by atoms with Gasteiger partial charge in [0.05, 0.1) is 13.2 Å². The lowest BCUT2D eigenvalue weighted by molar-refractivity contribution is -0.129. The predicted octanol–water partition coefficient (Wildman–Crippen LogP) is 2.41. The Morgan fingerprint density at radius 1 is 1.40 bits per heavy atom. The number of carbonyl (C=O) groups excluding carboxylic acids is 1. The van der Waals surface area contributed by atoms with E-state index in [4.69, 9.17) is 4.74 Å². The molecule has 0 spiro atoms. The molecule has 1 aliphatic heterocycles. The second kappa shape index (κ2) is 8.82. The van der Waals surface area contributed by atoms with Crippen molar-refractivity contribution in [3.05, 3.63) is 30.3 Å². The molecular formula is C15H23ClN2O2. The van der Waals surface area contributed by atoms with E-state index in [1.165, 1.54) is 0 Å². The maximum Gasteiger partial charge on any atom is 0.241 e. The van der Waals surface area contributed by atoms with Crippen LogP contribution in [0.1, 0.15) is 12.8 Å². The Labute approximate surface area is 126 Å². The fraction of sp³-hybridized carbons (Fsp3) is 0.533. The minimum Gasteiger partial charge on any atom is -0.381 e. The second-order valence-electron chi connectivity index (χ2n) is 5.08. The van der Waals surface area contributed by atoms with Crippen molar-refractivity contribution in [2.45, 2.75) is 12.8 Å². The van der Waals surface area contributed by atoms with Crippen molar-refractivity contribution in [3.63, 3.8) is 0 Å². The lowest BCUT2D eigenvalue weighted by Gasteiger charge is -2.27. The molecule has 1 unspecified atom stereocenters. The number of rotatable bonds is 5. The Hall–Kier alpha value is -1.26. The van der Waals surface area contributed by atoms with Gasteiger partial charge in [0.1, 0.15) is 0 Å². The molecule has 5 heteroatoms. The number of hydrogen-bond acceptors (Lipinski definition) is 3. The molecule has 1 N–H and O–H groups in total. The molecular weight excluding hydrogens is 276 g/mol. The Morgan fingerprint density at radius 2 is 2.15 bits per heavy atom. The molecule has 1 saturated heterocycles. The van der Waals surface area contributed by atoms with Gasteiger partial charge in [-0.05, 0) is 30.9 Å². The summed E-state index contributed by atoms with van der Waals surface area (Å²) in [6, 6.07) is 9.79. The summed E-state index contributed by atoms with van der Waals surface area (Å²) < 4.78 is 5.44. The van der Waals surface area contributed by atoms with Crippen LogP contribution in [0.5, 0.6) is 0 Å². The third kappa shape index (κ3) is 5.39. The van der Waals surface area contributed by atoms with Crippen molar-refractivity contribution in [1.29, 1.82) is 0 Å². The van der Waals surface area contributed by atoms with Gasteiger partial charge in [-0.1, -0.05) is 18.2 Å². The summed E-state index contributed by atoms with van der Waals surface area (Å²) in [6.45, 7) is 2.77. The van der Waals surface area contributed by atoms with Gasteiger partial charge in [-0.25, -0.2) is 0 Å². The van der Waals surface area contributed by atoms with Crippen LogP contribution < -0.4 is 5.32 Å². The average Bonchev–Trinajstić information content (AvgIpc) is 2.47. The molecule has 20 heavy (non-hydrogen) atoms. The zero-order valence-electron chi connectivity index (χ0n) is 11.9. The highest BCUT2D eigenvalue weighted by Crippen LogP contribution is 2.14. The number of ether oxygens (including phenoxy) is 1.